The monoisotopic (exact) mass is 223 g/mol. The van der Waals surface area contributed by atoms with E-state index in [9.17, 15) is 9.59 Å². The molecule has 0 aliphatic rings. The van der Waals surface area contributed by atoms with Gasteiger partial charge in [-0.05, 0) is 24.6 Å². The quantitative estimate of drug-likeness (QED) is 0.618. The van der Waals surface area contributed by atoms with Crippen LogP contribution >= 0.6 is 0 Å². The third-order valence-electron chi connectivity index (χ3n) is 1.78. The summed E-state index contributed by atoms with van der Waals surface area (Å²) in [7, 11) is 1.22. The number of aryl methyl sites for hydroxylation is 1. The molecule has 0 saturated heterocycles. The molecule has 0 saturated carbocycles. The highest BCUT2D eigenvalue weighted by Crippen LogP contribution is 2.12. The maximum atomic E-state index is 11.3. The lowest BCUT2D eigenvalue weighted by molar-refractivity contribution is -0.133. The first kappa shape index (κ1) is 12.0. The van der Waals surface area contributed by atoms with E-state index in [0.717, 1.165) is 5.56 Å². The third kappa shape index (κ3) is 4.00. The summed E-state index contributed by atoms with van der Waals surface area (Å²) in [5.41, 5.74) is 0.992. The average Bonchev–Trinajstić information content (AvgIpc) is 2.26. The van der Waals surface area contributed by atoms with Gasteiger partial charge in [-0.3, -0.25) is 0 Å². The molecule has 16 heavy (non-hydrogen) atoms. The highest BCUT2D eigenvalue weighted by molar-refractivity contribution is 5.79. The molecule has 0 aliphatic heterocycles. The van der Waals surface area contributed by atoms with Gasteiger partial charge in [0.05, 0.1) is 7.11 Å². The zero-order valence-electron chi connectivity index (χ0n) is 9.15. The molecule has 0 bridgehead atoms. The normalized spacial score (nSPS) is 9.38. The van der Waals surface area contributed by atoms with E-state index in [-0.39, 0.29) is 6.54 Å². The largest absolute Gasteiger partial charge is 0.453 e. The highest BCUT2D eigenvalue weighted by Gasteiger charge is 2.07. The molecule has 86 valence electrons. The van der Waals surface area contributed by atoms with Gasteiger partial charge in [0.2, 0.25) is 0 Å². The van der Waals surface area contributed by atoms with Crippen LogP contribution in [0.25, 0.3) is 0 Å². The average molecular weight is 223 g/mol. The van der Waals surface area contributed by atoms with Crippen LogP contribution < -0.4 is 10.1 Å². The molecule has 0 unspecified atom stereocenters. The molecule has 0 heterocycles. The van der Waals surface area contributed by atoms with Crippen molar-refractivity contribution in [1.82, 2.24) is 5.32 Å². The SMILES string of the molecule is COC(=O)NCC(=O)Oc1cccc(C)c1. The van der Waals surface area contributed by atoms with E-state index in [1.807, 2.05) is 13.0 Å². The molecule has 0 spiro atoms. The lowest BCUT2D eigenvalue weighted by Crippen LogP contribution is -2.31. The molecule has 1 N–H and O–H groups in total. The van der Waals surface area contributed by atoms with Crippen LogP contribution in [0.5, 0.6) is 5.75 Å². The predicted octanol–water partition coefficient (Wildman–Crippen LogP) is 1.26. The van der Waals surface area contributed by atoms with Crippen molar-refractivity contribution in [2.75, 3.05) is 13.7 Å². The lowest BCUT2D eigenvalue weighted by Gasteiger charge is -2.05. The fraction of sp³-hybridized carbons (Fsp3) is 0.273. The minimum atomic E-state index is -0.666. The second-order valence-corrected chi connectivity index (χ2v) is 3.14. The van der Waals surface area contributed by atoms with Gasteiger partial charge < -0.3 is 14.8 Å². The van der Waals surface area contributed by atoms with Gasteiger partial charge in [-0.1, -0.05) is 12.1 Å². The Morgan fingerprint density at radius 2 is 2.12 bits per heavy atom. The number of hydrogen-bond donors (Lipinski definition) is 1. The van der Waals surface area contributed by atoms with Gasteiger partial charge in [0, 0.05) is 0 Å². The van der Waals surface area contributed by atoms with Crippen LogP contribution in [0.3, 0.4) is 0 Å². The van der Waals surface area contributed by atoms with Crippen molar-refractivity contribution in [2.24, 2.45) is 0 Å². The van der Waals surface area contributed by atoms with Crippen LogP contribution in [0.15, 0.2) is 24.3 Å². The molecule has 1 rings (SSSR count). The van der Waals surface area contributed by atoms with E-state index in [1.54, 1.807) is 18.2 Å². The molecular formula is C11H13NO4. The summed E-state index contributed by atoms with van der Waals surface area (Å²) in [5, 5.41) is 2.23. The minimum absolute atomic E-state index is 0.222. The number of ether oxygens (including phenoxy) is 2. The van der Waals surface area contributed by atoms with E-state index < -0.39 is 12.1 Å². The summed E-state index contributed by atoms with van der Waals surface area (Å²) in [4.78, 5) is 21.9. The number of benzene rings is 1. The first-order valence-corrected chi connectivity index (χ1v) is 4.71. The highest BCUT2D eigenvalue weighted by atomic mass is 16.5. The van der Waals surface area contributed by atoms with Crippen LogP contribution in [0.2, 0.25) is 0 Å². The Labute approximate surface area is 93.4 Å². The van der Waals surface area contributed by atoms with E-state index in [2.05, 4.69) is 10.1 Å². The van der Waals surface area contributed by atoms with Crippen molar-refractivity contribution in [1.29, 1.82) is 0 Å². The summed E-state index contributed by atoms with van der Waals surface area (Å²) >= 11 is 0. The Bertz CT molecular complexity index is 389. The zero-order chi connectivity index (χ0) is 12.0. The van der Waals surface area contributed by atoms with Crippen molar-refractivity contribution in [3.63, 3.8) is 0 Å². The number of carbonyl (C=O) groups excluding carboxylic acids is 2. The molecule has 0 atom stereocenters. The second-order valence-electron chi connectivity index (χ2n) is 3.14. The minimum Gasteiger partial charge on any atom is -0.453 e. The van der Waals surface area contributed by atoms with Gasteiger partial charge in [0.25, 0.3) is 0 Å². The number of rotatable bonds is 3. The molecule has 0 fully saturated rings. The van der Waals surface area contributed by atoms with E-state index in [1.165, 1.54) is 7.11 Å². The van der Waals surface area contributed by atoms with Crippen LogP contribution in [0.4, 0.5) is 4.79 Å². The second kappa shape index (κ2) is 5.75. The number of methoxy groups -OCH3 is 1. The topological polar surface area (TPSA) is 64.6 Å². The van der Waals surface area contributed by atoms with Crippen LogP contribution in [0, 0.1) is 6.92 Å². The van der Waals surface area contributed by atoms with E-state index in [4.69, 9.17) is 4.74 Å². The van der Waals surface area contributed by atoms with Crippen LogP contribution in [0.1, 0.15) is 5.56 Å². The Balaban J connectivity index is 2.43. The predicted molar refractivity (Wildman–Crippen MR) is 57.2 cm³/mol. The third-order valence-corrected chi connectivity index (χ3v) is 1.78. The number of carbonyl (C=O) groups is 2. The molecule has 5 heteroatoms. The molecular weight excluding hydrogens is 210 g/mol. The maximum Gasteiger partial charge on any atom is 0.407 e. The van der Waals surface area contributed by atoms with E-state index in [0.29, 0.717) is 5.75 Å². The molecule has 0 aromatic heterocycles. The van der Waals surface area contributed by atoms with Gasteiger partial charge in [0.1, 0.15) is 12.3 Å². The summed E-state index contributed by atoms with van der Waals surface area (Å²) in [6.45, 7) is 1.67. The summed E-state index contributed by atoms with van der Waals surface area (Å²) in [6, 6.07) is 7.08. The van der Waals surface area contributed by atoms with Crippen LogP contribution in [-0.4, -0.2) is 25.7 Å². The molecule has 0 aliphatic carbocycles. The van der Waals surface area contributed by atoms with Gasteiger partial charge in [-0.15, -0.1) is 0 Å². The summed E-state index contributed by atoms with van der Waals surface area (Å²) < 4.78 is 9.29. The molecule has 1 aromatic carbocycles. The number of amides is 1. The number of alkyl carbamates (subject to hydrolysis) is 1. The number of nitrogens with one attached hydrogen (secondary N) is 1. The summed E-state index contributed by atoms with van der Waals surface area (Å²) in [5.74, 6) is -0.0901. The number of hydrogen-bond acceptors (Lipinski definition) is 4. The van der Waals surface area contributed by atoms with Gasteiger partial charge in [0.15, 0.2) is 0 Å². The lowest BCUT2D eigenvalue weighted by atomic mass is 10.2. The Kier molecular flexibility index (Phi) is 4.32. The molecule has 5 nitrogen and oxygen atoms in total. The van der Waals surface area contributed by atoms with Crippen molar-refractivity contribution in [2.45, 2.75) is 6.92 Å². The Hall–Kier alpha value is -2.04. The number of esters is 1. The van der Waals surface area contributed by atoms with E-state index >= 15 is 0 Å². The van der Waals surface area contributed by atoms with Crippen molar-refractivity contribution in [3.8, 4) is 5.75 Å². The molecule has 0 radical (unpaired) electrons. The fourth-order valence-corrected chi connectivity index (χ4v) is 1.06. The molecule has 1 amide bonds. The first-order chi connectivity index (χ1) is 7.61. The molecule has 1 aromatic rings. The van der Waals surface area contributed by atoms with Crippen molar-refractivity contribution >= 4 is 12.1 Å². The summed E-state index contributed by atoms with van der Waals surface area (Å²) in [6.07, 6.45) is -0.666. The van der Waals surface area contributed by atoms with Gasteiger partial charge >= 0.3 is 12.1 Å². The van der Waals surface area contributed by atoms with Crippen molar-refractivity contribution < 1.29 is 19.1 Å². The fourth-order valence-electron chi connectivity index (χ4n) is 1.06. The standard InChI is InChI=1S/C11H13NO4/c1-8-4-3-5-9(6-8)16-10(13)7-12-11(14)15-2/h3-6H,7H2,1-2H3,(H,12,14). The smallest absolute Gasteiger partial charge is 0.407 e. The Morgan fingerprint density at radius 3 is 2.75 bits per heavy atom. The van der Waals surface area contributed by atoms with Crippen LogP contribution in [-0.2, 0) is 9.53 Å². The first-order valence-electron chi connectivity index (χ1n) is 4.71. The maximum absolute atomic E-state index is 11.3. The Morgan fingerprint density at radius 1 is 1.38 bits per heavy atom. The van der Waals surface area contributed by atoms with Crippen molar-refractivity contribution in [3.05, 3.63) is 29.8 Å². The van der Waals surface area contributed by atoms with Gasteiger partial charge in [-0.25, -0.2) is 9.59 Å². The zero-order valence-corrected chi connectivity index (χ0v) is 9.15. The van der Waals surface area contributed by atoms with Gasteiger partial charge in [-0.2, -0.15) is 0 Å².